The van der Waals surface area contributed by atoms with E-state index < -0.39 is 0 Å². The van der Waals surface area contributed by atoms with E-state index in [0.29, 0.717) is 0 Å². The smallest absolute Gasteiger partial charge is 0.0892 e. The monoisotopic (exact) mass is 717 g/mol. The summed E-state index contributed by atoms with van der Waals surface area (Å²) in [6, 6.07) is 58.6. The van der Waals surface area contributed by atoms with Gasteiger partial charge in [-0.2, -0.15) is 0 Å². The number of hydrogen-bond acceptors (Lipinski definition) is 3. The topological polar surface area (TPSA) is 69.7 Å². The highest BCUT2D eigenvalue weighted by molar-refractivity contribution is 6.04. The van der Waals surface area contributed by atoms with Crippen molar-refractivity contribution in [1.29, 1.82) is 0 Å². The molecule has 0 saturated heterocycles. The third kappa shape index (κ3) is 6.17. The lowest BCUT2D eigenvalue weighted by Crippen LogP contribution is -1.91. The number of H-pyrrole nitrogens is 2. The molecule has 10 rings (SSSR count). The Balaban J connectivity index is 1.41. The number of aliphatic imine (C=N–C) groups is 1. The van der Waals surface area contributed by atoms with Gasteiger partial charge in [0.2, 0.25) is 0 Å². The molecular weight excluding hydrogens is 683 g/mol. The first kappa shape index (κ1) is 33.0. The minimum atomic E-state index is 0.808. The van der Waals surface area contributed by atoms with Gasteiger partial charge >= 0.3 is 0 Å². The van der Waals surface area contributed by atoms with Crippen molar-refractivity contribution >= 4 is 58.3 Å². The van der Waals surface area contributed by atoms with Crippen molar-refractivity contribution in [1.82, 2.24) is 19.9 Å². The first-order valence-corrected chi connectivity index (χ1v) is 18.8. The molecule has 5 nitrogen and oxygen atoms in total. The van der Waals surface area contributed by atoms with Gasteiger partial charge in [-0.05, 0) is 70.3 Å². The Morgan fingerprint density at radius 1 is 0.375 bits per heavy atom. The van der Waals surface area contributed by atoms with Crippen LogP contribution >= 0.6 is 0 Å². The number of hydrogen-bond donors (Lipinski definition) is 2. The van der Waals surface area contributed by atoms with Gasteiger partial charge in [-0.3, -0.25) is 4.99 Å². The number of aromatic amines is 2. The normalized spacial score (nSPS) is 12.1. The first-order chi connectivity index (χ1) is 27.8. The number of aromatic nitrogens is 4. The van der Waals surface area contributed by atoms with Crippen molar-refractivity contribution in [3.05, 3.63) is 198 Å². The number of rotatable bonds is 6. The molecule has 0 unspecified atom stereocenters. The Kier molecular flexibility index (Phi) is 8.43. The molecule has 5 heteroatoms. The van der Waals surface area contributed by atoms with E-state index in [0.717, 1.165) is 101 Å². The predicted molar refractivity (Wildman–Crippen MR) is 234 cm³/mol. The number of nitrogens with zero attached hydrogens (tertiary/aromatic N) is 3. The lowest BCUT2D eigenvalue weighted by molar-refractivity contribution is 1.28. The molecule has 2 N–H and O–H groups in total. The number of fused-ring (bicyclic) bond motifs is 8. The van der Waals surface area contributed by atoms with Crippen molar-refractivity contribution in [2.45, 2.75) is 0 Å². The molecule has 8 bridgehead atoms. The zero-order valence-electron chi connectivity index (χ0n) is 30.4. The zero-order chi connectivity index (χ0) is 37.3. The standard InChI is InChI=1S/C51H35N5/c1-6-16-34(17-7-1)33-52-46-32-45-49(37-22-12-4-13-23-37)43-29-28-41(54-43)47(35-18-8-2-9-19-35)39-26-27-40(53-39)48(36-20-10-3-11-21-36)42-30-31-44(55-42)50(51(46)56-45)38-24-14-5-15-25-38/h1-33,54,56H. The molecule has 0 spiro atoms. The summed E-state index contributed by atoms with van der Waals surface area (Å²) >= 11 is 0. The Labute approximate surface area is 324 Å². The fourth-order valence-electron chi connectivity index (χ4n) is 7.69. The highest BCUT2D eigenvalue weighted by atomic mass is 14.8. The molecule has 2 aliphatic rings. The third-order valence-corrected chi connectivity index (χ3v) is 10.2. The average molecular weight is 718 g/mol. The summed E-state index contributed by atoms with van der Waals surface area (Å²) in [6.07, 6.45) is 10.4. The maximum Gasteiger partial charge on any atom is 0.0892 e. The molecule has 56 heavy (non-hydrogen) atoms. The van der Waals surface area contributed by atoms with Crippen molar-refractivity contribution < 1.29 is 0 Å². The fourth-order valence-corrected chi connectivity index (χ4v) is 7.69. The summed E-state index contributed by atoms with van der Waals surface area (Å²) < 4.78 is 0. The molecule has 8 aromatic rings. The SMILES string of the molecule is C1=Cc2nc1c(-c1ccccc1)c1nc(c(-c3ccccc3)c3[nH]c(cc3N=Cc3ccccc3)c(-c3ccccc3)c3ccc([nH]3)c2-c2ccccc2)C=C1. The van der Waals surface area contributed by atoms with Gasteiger partial charge in [-0.15, -0.1) is 0 Å². The molecule has 0 saturated carbocycles. The van der Waals surface area contributed by atoms with E-state index in [-0.39, 0.29) is 0 Å². The van der Waals surface area contributed by atoms with Crippen LogP contribution in [0.5, 0.6) is 0 Å². The van der Waals surface area contributed by atoms with Gasteiger partial charge in [0.15, 0.2) is 0 Å². The zero-order valence-corrected chi connectivity index (χ0v) is 30.4. The summed E-state index contributed by atoms with van der Waals surface area (Å²) in [5, 5.41) is 0. The van der Waals surface area contributed by atoms with Crippen LogP contribution in [-0.4, -0.2) is 26.2 Å². The Morgan fingerprint density at radius 2 is 0.786 bits per heavy atom. The molecule has 0 aliphatic carbocycles. The molecule has 5 heterocycles. The van der Waals surface area contributed by atoms with Crippen molar-refractivity contribution in [3.8, 4) is 44.5 Å². The second kappa shape index (κ2) is 14.3. The molecule has 3 aromatic heterocycles. The van der Waals surface area contributed by atoms with Crippen molar-refractivity contribution in [3.63, 3.8) is 0 Å². The third-order valence-electron chi connectivity index (χ3n) is 10.2. The minimum Gasteiger partial charge on any atom is -0.354 e. The quantitative estimate of drug-likeness (QED) is 0.168. The van der Waals surface area contributed by atoms with Crippen LogP contribution in [0.15, 0.2) is 175 Å². The summed E-state index contributed by atoms with van der Waals surface area (Å²) in [5.74, 6) is 0. The van der Waals surface area contributed by atoms with Gasteiger partial charge in [0, 0.05) is 39.5 Å². The Hall–Kier alpha value is -7.63. The number of nitrogens with one attached hydrogen (secondary N) is 2. The average Bonchev–Trinajstić information content (AvgIpc) is 4.10. The van der Waals surface area contributed by atoms with Gasteiger partial charge in [-0.1, -0.05) is 152 Å². The van der Waals surface area contributed by atoms with Gasteiger partial charge in [-0.25, -0.2) is 9.97 Å². The predicted octanol–water partition coefficient (Wildman–Crippen LogP) is 13.1. The van der Waals surface area contributed by atoms with E-state index in [1.807, 2.05) is 42.6 Å². The molecule has 0 atom stereocenters. The van der Waals surface area contributed by atoms with E-state index >= 15 is 0 Å². The molecular formula is C51H35N5. The highest BCUT2D eigenvalue weighted by Crippen LogP contribution is 2.41. The maximum absolute atomic E-state index is 5.44. The number of benzene rings is 5. The van der Waals surface area contributed by atoms with Crippen LogP contribution in [0.3, 0.4) is 0 Å². The minimum absolute atomic E-state index is 0.808. The van der Waals surface area contributed by atoms with Gasteiger partial charge in [0.05, 0.1) is 39.5 Å². The van der Waals surface area contributed by atoms with Crippen LogP contribution < -0.4 is 0 Å². The lowest BCUT2D eigenvalue weighted by atomic mass is 10.0. The molecule has 264 valence electrons. The second-order valence-corrected chi connectivity index (χ2v) is 13.8. The Morgan fingerprint density at radius 3 is 1.32 bits per heavy atom. The van der Waals surface area contributed by atoms with Crippen LogP contribution in [0.4, 0.5) is 5.69 Å². The summed E-state index contributed by atoms with van der Waals surface area (Å²) in [6.45, 7) is 0. The molecule has 2 aliphatic heterocycles. The van der Waals surface area contributed by atoms with Gasteiger partial charge < -0.3 is 9.97 Å². The van der Waals surface area contributed by atoms with E-state index in [1.165, 1.54) is 0 Å². The van der Waals surface area contributed by atoms with E-state index in [1.54, 1.807) is 0 Å². The summed E-state index contributed by atoms with van der Waals surface area (Å²) in [5.41, 5.74) is 17.2. The van der Waals surface area contributed by atoms with E-state index in [4.69, 9.17) is 15.0 Å². The maximum atomic E-state index is 5.44. The Bertz CT molecular complexity index is 2980. The first-order valence-electron chi connectivity index (χ1n) is 18.8. The van der Waals surface area contributed by atoms with Crippen LogP contribution in [-0.2, 0) is 0 Å². The van der Waals surface area contributed by atoms with Gasteiger partial charge in [0.25, 0.3) is 0 Å². The summed E-state index contributed by atoms with van der Waals surface area (Å²) in [7, 11) is 0. The molecule has 0 fully saturated rings. The lowest BCUT2D eigenvalue weighted by Gasteiger charge is -2.07. The van der Waals surface area contributed by atoms with Crippen LogP contribution in [0.2, 0.25) is 0 Å². The second-order valence-electron chi connectivity index (χ2n) is 13.8. The molecule has 0 radical (unpaired) electrons. The van der Waals surface area contributed by atoms with Crippen LogP contribution in [0, 0.1) is 0 Å². The largest absolute Gasteiger partial charge is 0.354 e. The van der Waals surface area contributed by atoms with Crippen molar-refractivity contribution in [2.75, 3.05) is 0 Å². The van der Waals surface area contributed by atoms with E-state index in [2.05, 4.69) is 168 Å². The fraction of sp³-hybridized carbons (Fsp3) is 0. The van der Waals surface area contributed by atoms with Crippen LogP contribution in [0.25, 0.3) is 90.9 Å². The highest BCUT2D eigenvalue weighted by Gasteiger charge is 2.20. The molecule has 0 amide bonds. The van der Waals surface area contributed by atoms with Crippen molar-refractivity contribution in [2.24, 2.45) is 4.99 Å². The van der Waals surface area contributed by atoms with E-state index in [9.17, 15) is 0 Å². The van der Waals surface area contributed by atoms with Crippen LogP contribution in [0.1, 0.15) is 28.3 Å². The van der Waals surface area contributed by atoms with Gasteiger partial charge in [0.1, 0.15) is 0 Å². The summed E-state index contributed by atoms with van der Waals surface area (Å²) in [4.78, 5) is 23.8. The molecule has 5 aromatic carbocycles.